The minimum absolute atomic E-state index is 0.401. The number of ether oxygens (including phenoxy) is 1. The molecule has 3 aromatic rings. The van der Waals surface area contributed by atoms with Crippen molar-refractivity contribution >= 4 is 29.0 Å². The van der Waals surface area contributed by atoms with E-state index in [-0.39, 0.29) is 0 Å². The van der Waals surface area contributed by atoms with Gasteiger partial charge in [0.05, 0.1) is 11.3 Å². The molecule has 134 valence electrons. The molecule has 0 aliphatic rings. The van der Waals surface area contributed by atoms with Crippen molar-refractivity contribution in [3.05, 3.63) is 88.9 Å². The standard InChI is InChI=1S/C21H16ClN3O2/c22-17-7-5-15(6-8-17)14-27-19-11-9-18(10-12-19)24-21(26)25-20-4-2-1-3-16(20)13-23/h1-12H,14H2,(H2,24,25,26). The van der Waals surface area contributed by atoms with Gasteiger partial charge in [0.15, 0.2) is 0 Å². The third-order valence-corrected chi connectivity index (χ3v) is 3.98. The van der Waals surface area contributed by atoms with Gasteiger partial charge in [-0.15, -0.1) is 0 Å². The van der Waals surface area contributed by atoms with Gasteiger partial charge in [-0.05, 0) is 54.1 Å². The molecule has 0 aromatic heterocycles. The van der Waals surface area contributed by atoms with Crippen LogP contribution in [0.3, 0.4) is 0 Å². The van der Waals surface area contributed by atoms with Gasteiger partial charge in [0.2, 0.25) is 0 Å². The number of urea groups is 1. The molecule has 0 saturated carbocycles. The lowest BCUT2D eigenvalue weighted by Gasteiger charge is -2.10. The molecule has 0 radical (unpaired) electrons. The molecule has 0 spiro atoms. The number of nitrogens with zero attached hydrogens (tertiary/aromatic N) is 1. The normalized spacial score (nSPS) is 9.93. The zero-order valence-corrected chi connectivity index (χ0v) is 15.0. The van der Waals surface area contributed by atoms with Gasteiger partial charge < -0.3 is 15.4 Å². The van der Waals surface area contributed by atoms with E-state index >= 15 is 0 Å². The summed E-state index contributed by atoms with van der Waals surface area (Å²) >= 11 is 5.86. The number of nitriles is 1. The fourth-order valence-electron chi connectivity index (χ4n) is 2.36. The highest BCUT2D eigenvalue weighted by Crippen LogP contribution is 2.19. The summed E-state index contributed by atoms with van der Waals surface area (Å²) in [6.07, 6.45) is 0. The first-order chi connectivity index (χ1) is 13.1. The first kappa shape index (κ1) is 18.3. The van der Waals surface area contributed by atoms with E-state index in [0.717, 1.165) is 5.56 Å². The summed E-state index contributed by atoms with van der Waals surface area (Å²) < 4.78 is 5.71. The zero-order valence-electron chi connectivity index (χ0n) is 14.3. The van der Waals surface area contributed by atoms with E-state index in [1.54, 1.807) is 48.5 Å². The Morgan fingerprint density at radius 2 is 1.67 bits per heavy atom. The van der Waals surface area contributed by atoms with Crippen molar-refractivity contribution < 1.29 is 9.53 Å². The van der Waals surface area contributed by atoms with Crippen LogP contribution in [0.5, 0.6) is 5.75 Å². The van der Waals surface area contributed by atoms with Crippen molar-refractivity contribution in [2.75, 3.05) is 10.6 Å². The third-order valence-electron chi connectivity index (χ3n) is 3.73. The highest BCUT2D eigenvalue weighted by molar-refractivity contribution is 6.30. The first-order valence-corrected chi connectivity index (χ1v) is 8.56. The average molecular weight is 378 g/mol. The molecule has 0 fully saturated rings. The van der Waals surface area contributed by atoms with Gasteiger partial charge in [0.1, 0.15) is 18.4 Å². The van der Waals surface area contributed by atoms with Crippen LogP contribution in [-0.2, 0) is 6.61 Å². The van der Waals surface area contributed by atoms with Gasteiger partial charge in [-0.2, -0.15) is 5.26 Å². The predicted molar refractivity (Wildman–Crippen MR) is 106 cm³/mol. The molecule has 0 aliphatic heterocycles. The van der Waals surface area contributed by atoms with Gasteiger partial charge >= 0.3 is 6.03 Å². The van der Waals surface area contributed by atoms with Crippen LogP contribution in [0.2, 0.25) is 5.02 Å². The topological polar surface area (TPSA) is 74.2 Å². The van der Waals surface area contributed by atoms with E-state index in [1.165, 1.54) is 0 Å². The van der Waals surface area contributed by atoms with E-state index in [9.17, 15) is 4.79 Å². The van der Waals surface area contributed by atoms with Gasteiger partial charge in [0, 0.05) is 10.7 Å². The number of nitrogens with one attached hydrogen (secondary N) is 2. The monoisotopic (exact) mass is 377 g/mol. The lowest BCUT2D eigenvalue weighted by molar-refractivity contribution is 0.262. The molecule has 6 heteroatoms. The largest absolute Gasteiger partial charge is 0.489 e. The maximum absolute atomic E-state index is 12.1. The Morgan fingerprint density at radius 1 is 0.963 bits per heavy atom. The molecule has 0 unspecified atom stereocenters. The summed E-state index contributed by atoms with van der Waals surface area (Å²) in [5, 5.41) is 15.1. The Balaban J connectivity index is 1.54. The number of rotatable bonds is 5. The molecule has 27 heavy (non-hydrogen) atoms. The first-order valence-electron chi connectivity index (χ1n) is 8.18. The summed E-state index contributed by atoms with van der Waals surface area (Å²) in [5.41, 5.74) is 2.48. The van der Waals surface area contributed by atoms with Crippen molar-refractivity contribution in [2.45, 2.75) is 6.61 Å². The molecular formula is C21H16ClN3O2. The number of carbonyl (C=O) groups is 1. The van der Waals surface area contributed by atoms with E-state index in [0.29, 0.717) is 34.3 Å². The van der Waals surface area contributed by atoms with Crippen LogP contribution in [0.15, 0.2) is 72.8 Å². The Labute approximate surface area is 162 Å². The fraction of sp³-hybridized carbons (Fsp3) is 0.0476. The second-order valence-corrected chi connectivity index (χ2v) is 6.11. The van der Waals surface area contributed by atoms with Crippen molar-refractivity contribution in [3.63, 3.8) is 0 Å². The van der Waals surface area contributed by atoms with Gasteiger partial charge in [-0.3, -0.25) is 0 Å². The number of benzene rings is 3. The summed E-state index contributed by atoms with van der Waals surface area (Å²) in [7, 11) is 0. The lowest BCUT2D eigenvalue weighted by Crippen LogP contribution is -2.19. The number of anilines is 2. The van der Waals surface area contributed by atoms with E-state index < -0.39 is 6.03 Å². The van der Waals surface area contributed by atoms with Gasteiger partial charge in [-0.1, -0.05) is 35.9 Å². The van der Waals surface area contributed by atoms with Crippen LogP contribution in [-0.4, -0.2) is 6.03 Å². The number of hydrogen-bond acceptors (Lipinski definition) is 3. The van der Waals surface area contributed by atoms with Gasteiger partial charge in [-0.25, -0.2) is 4.79 Å². The summed E-state index contributed by atoms with van der Waals surface area (Å²) in [6, 6.07) is 22.9. The van der Waals surface area contributed by atoms with E-state index in [1.807, 2.05) is 30.3 Å². The number of carbonyl (C=O) groups excluding carboxylic acids is 1. The number of amides is 2. The van der Waals surface area contributed by atoms with Crippen LogP contribution in [0, 0.1) is 11.3 Å². The predicted octanol–water partition coefficient (Wildman–Crippen LogP) is 5.43. The highest BCUT2D eigenvalue weighted by Gasteiger charge is 2.06. The van der Waals surface area contributed by atoms with Crippen molar-refractivity contribution in [1.29, 1.82) is 5.26 Å². The molecule has 0 bridgehead atoms. The molecule has 5 nitrogen and oxygen atoms in total. The van der Waals surface area contributed by atoms with Crippen LogP contribution < -0.4 is 15.4 Å². The third kappa shape index (κ3) is 5.24. The minimum atomic E-state index is -0.424. The number of halogens is 1. The number of para-hydroxylation sites is 1. The Morgan fingerprint density at radius 3 is 2.37 bits per heavy atom. The molecular weight excluding hydrogens is 362 g/mol. The van der Waals surface area contributed by atoms with Crippen molar-refractivity contribution in [1.82, 2.24) is 0 Å². The summed E-state index contributed by atoms with van der Waals surface area (Å²) in [4.78, 5) is 12.1. The molecule has 0 atom stereocenters. The summed E-state index contributed by atoms with van der Waals surface area (Å²) in [5.74, 6) is 0.686. The zero-order chi connectivity index (χ0) is 19.1. The Kier molecular flexibility index (Phi) is 5.93. The Bertz CT molecular complexity index is 964. The fourth-order valence-corrected chi connectivity index (χ4v) is 2.48. The van der Waals surface area contributed by atoms with Crippen molar-refractivity contribution in [2.24, 2.45) is 0 Å². The van der Waals surface area contributed by atoms with Crippen LogP contribution in [0.25, 0.3) is 0 Å². The average Bonchev–Trinajstić information content (AvgIpc) is 2.69. The maximum atomic E-state index is 12.1. The maximum Gasteiger partial charge on any atom is 0.323 e. The second kappa shape index (κ2) is 8.75. The molecule has 3 aromatic carbocycles. The molecule has 0 heterocycles. The highest BCUT2D eigenvalue weighted by atomic mass is 35.5. The second-order valence-electron chi connectivity index (χ2n) is 5.68. The quantitative estimate of drug-likeness (QED) is 0.622. The number of hydrogen-bond donors (Lipinski definition) is 2. The van der Waals surface area contributed by atoms with Crippen LogP contribution in [0.4, 0.5) is 16.2 Å². The van der Waals surface area contributed by atoms with Crippen LogP contribution in [0.1, 0.15) is 11.1 Å². The smallest absolute Gasteiger partial charge is 0.323 e. The van der Waals surface area contributed by atoms with Gasteiger partial charge in [0.25, 0.3) is 0 Å². The molecule has 2 N–H and O–H groups in total. The molecule has 0 saturated heterocycles. The Hall–Kier alpha value is -3.49. The molecule has 0 aliphatic carbocycles. The summed E-state index contributed by atoms with van der Waals surface area (Å²) in [6.45, 7) is 0.426. The lowest BCUT2D eigenvalue weighted by atomic mass is 10.2. The van der Waals surface area contributed by atoms with E-state index in [2.05, 4.69) is 10.6 Å². The SMILES string of the molecule is N#Cc1ccccc1NC(=O)Nc1ccc(OCc2ccc(Cl)cc2)cc1. The van der Waals surface area contributed by atoms with Crippen LogP contribution >= 0.6 is 11.6 Å². The van der Waals surface area contributed by atoms with E-state index in [4.69, 9.17) is 21.6 Å². The molecule has 2 amide bonds. The van der Waals surface area contributed by atoms with Crippen molar-refractivity contribution in [3.8, 4) is 11.8 Å². The minimum Gasteiger partial charge on any atom is -0.489 e. The molecule has 3 rings (SSSR count).